The molecule has 0 aliphatic carbocycles. The molecule has 8 heteroatoms. The number of hydrogen-bond acceptors (Lipinski definition) is 6. The Kier molecular flexibility index (Phi) is 6.01. The van der Waals surface area contributed by atoms with Crippen LogP contribution in [0.4, 0.5) is 0 Å². The van der Waals surface area contributed by atoms with Gasteiger partial charge in [0.05, 0.1) is 17.8 Å². The number of rotatable bonds is 6. The molecular weight excluding hydrogens is 474 g/mol. The van der Waals surface area contributed by atoms with Gasteiger partial charge >= 0.3 is 0 Å². The Morgan fingerprint density at radius 3 is 2.61 bits per heavy atom. The summed E-state index contributed by atoms with van der Waals surface area (Å²) >= 11 is 8.56. The number of hydrogen-bond donors (Lipinski definition) is 0. The molecule has 3 aromatic heterocycles. The minimum Gasteiger partial charge on any atom is -0.293 e. The first-order chi connectivity index (χ1) is 16.0. The molecule has 5 aromatic rings. The smallest absolute Gasteiger partial charge is 0.272 e. The normalized spacial score (nSPS) is 11.3. The van der Waals surface area contributed by atoms with Crippen molar-refractivity contribution in [3.63, 3.8) is 0 Å². The summed E-state index contributed by atoms with van der Waals surface area (Å²) in [4.78, 5) is 36.3. The van der Waals surface area contributed by atoms with Crippen molar-refractivity contribution >= 4 is 60.9 Å². The quantitative estimate of drug-likeness (QED) is 0.166. The van der Waals surface area contributed by atoms with Crippen molar-refractivity contribution in [1.29, 1.82) is 0 Å². The maximum Gasteiger partial charge on any atom is 0.272 e. The average molecular weight is 492 g/mol. The fourth-order valence-corrected chi connectivity index (χ4v) is 5.56. The van der Waals surface area contributed by atoms with Crippen LogP contribution in [0.2, 0.25) is 5.02 Å². The van der Waals surface area contributed by atoms with Gasteiger partial charge in [-0.1, -0.05) is 53.2 Å². The summed E-state index contributed by atoms with van der Waals surface area (Å²) in [5, 5.41) is 1.94. The Morgan fingerprint density at radius 2 is 1.85 bits per heavy atom. The lowest BCUT2D eigenvalue weighted by atomic mass is 10.1. The second kappa shape index (κ2) is 9.09. The molecule has 0 radical (unpaired) electrons. The van der Waals surface area contributed by atoms with E-state index in [1.165, 1.54) is 23.1 Å². The van der Waals surface area contributed by atoms with E-state index < -0.39 is 0 Å². The molecule has 3 heterocycles. The van der Waals surface area contributed by atoms with Crippen LogP contribution in [0.25, 0.3) is 20.4 Å². The van der Waals surface area contributed by atoms with E-state index >= 15 is 0 Å². The lowest BCUT2D eigenvalue weighted by molar-refractivity contribution is 0.102. The number of ketones is 1. The number of nitrogens with zero attached hydrogens (tertiary/aromatic N) is 3. The number of Topliss-reactive ketones (excluding diaryl/α,β-unsaturated/α-hetero) is 1. The molecule has 33 heavy (non-hydrogen) atoms. The number of carbonyl (C=O) groups is 1. The Morgan fingerprint density at radius 1 is 1.09 bits per heavy atom. The van der Waals surface area contributed by atoms with E-state index in [2.05, 4.69) is 4.98 Å². The predicted octanol–water partition coefficient (Wildman–Crippen LogP) is 5.99. The number of pyridine rings is 1. The zero-order chi connectivity index (χ0) is 22.9. The third kappa shape index (κ3) is 4.44. The summed E-state index contributed by atoms with van der Waals surface area (Å²) in [7, 11) is 0. The third-order valence-corrected chi connectivity index (χ3v) is 7.60. The SMILES string of the molecule is Cc1ccc(Cn2c(SCC(=O)c3ccc(Cl)cc3)nc3c(sc4ncccc43)c2=O)cc1. The molecule has 0 atom stereocenters. The van der Waals surface area contributed by atoms with E-state index in [1.54, 1.807) is 35.0 Å². The second-order valence-electron chi connectivity index (χ2n) is 7.63. The van der Waals surface area contributed by atoms with Gasteiger partial charge in [-0.2, -0.15) is 0 Å². The molecule has 2 aromatic carbocycles. The van der Waals surface area contributed by atoms with Gasteiger partial charge in [0.25, 0.3) is 5.56 Å². The van der Waals surface area contributed by atoms with Crippen molar-refractivity contribution in [3.05, 3.63) is 98.9 Å². The summed E-state index contributed by atoms with van der Waals surface area (Å²) < 4.78 is 2.23. The number of thioether (sulfide) groups is 1. The van der Waals surface area contributed by atoms with Crippen molar-refractivity contribution in [2.75, 3.05) is 5.75 Å². The fraction of sp³-hybridized carbons (Fsp3) is 0.120. The molecule has 0 N–H and O–H groups in total. The molecule has 5 rings (SSSR count). The zero-order valence-corrected chi connectivity index (χ0v) is 20.0. The largest absolute Gasteiger partial charge is 0.293 e. The van der Waals surface area contributed by atoms with Crippen LogP contribution >= 0.6 is 34.7 Å². The van der Waals surface area contributed by atoms with E-state index in [0.717, 1.165) is 21.3 Å². The van der Waals surface area contributed by atoms with Crippen LogP contribution in [0.15, 0.2) is 76.8 Å². The summed E-state index contributed by atoms with van der Waals surface area (Å²) in [6, 6.07) is 18.6. The van der Waals surface area contributed by atoms with E-state index in [0.29, 0.717) is 32.5 Å². The standard InChI is InChI=1S/C25H18ClN3O2S2/c1-15-4-6-16(7-5-15)13-29-24(31)22-21(19-3-2-12-27-23(19)33-22)28-25(29)32-14-20(30)17-8-10-18(26)11-9-17/h2-12H,13-14H2,1H3. The number of halogens is 1. The van der Waals surface area contributed by atoms with Gasteiger partial charge in [-0.3, -0.25) is 14.2 Å². The molecule has 0 amide bonds. The molecule has 0 saturated carbocycles. The number of aromatic nitrogens is 3. The van der Waals surface area contributed by atoms with Gasteiger partial charge in [0.15, 0.2) is 10.9 Å². The van der Waals surface area contributed by atoms with Gasteiger partial charge in [0.1, 0.15) is 9.53 Å². The maximum atomic E-state index is 13.5. The molecular formula is C25H18ClN3O2S2. The zero-order valence-electron chi connectivity index (χ0n) is 17.6. The highest BCUT2D eigenvalue weighted by Crippen LogP contribution is 2.31. The summed E-state index contributed by atoms with van der Waals surface area (Å²) in [5.74, 6) is 0.109. The lowest BCUT2D eigenvalue weighted by Crippen LogP contribution is -2.23. The predicted molar refractivity (Wildman–Crippen MR) is 136 cm³/mol. The summed E-state index contributed by atoms with van der Waals surface area (Å²) in [6.07, 6.45) is 1.71. The van der Waals surface area contributed by atoms with Gasteiger partial charge in [-0.15, -0.1) is 11.3 Å². The van der Waals surface area contributed by atoms with Crippen LogP contribution in [-0.4, -0.2) is 26.1 Å². The first-order valence-electron chi connectivity index (χ1n) is 10.2. The summed E-state index contributed by atoms with van der Waals surface area (Å²) in [6.45, 7) is 2.40. The molecule has 0 spiro atoms. The lowest BCUT2D eigenvalue weighted by Gasteiger charge is -2.12. The Bertz CT molecular complexity index is 1540. The van der Waals surface area contributed by atoms with E-state index in [-0.39, 0.29) is 17.1 Å². The molecule has 0 bridgehead atoms. The number of fused-ring (bicyclic) bond motifs is 3. The van der Waals surface area contributed by atoms with Gasteiger partial charge in [-0.25, -0.2) is 9.97 Å². The highest BCUT2D eigenvalue weighted by molar-refractivity contribution is 7.99. The Labute approximate surface area is 203 Å². The molecule has 0 unspecified atom stereocenters. The van der Waals surface area contributed by atoms with Crippen molar-refractivity contribution in [2.45, 2.75) is 18.6 Å². The highest BCUT2D eigenvalue weighted by atomic mass is 35.5. The van der Waals surface area contributed by atoms with Crippen LogP contribution < -0.4 is 5.56 Å². The maximum absolute atomic E-state index is 13.5. The van der Waals surface area contributed by atoms with E-state index in [9.17, 15) is 9.59 Å². The monoisotopic (exact) mass is 491 g/mol. The van der Waals surface area contributed by atoms with Crippen LogP contribution in [0.3, 0.4) is 0 Å². The van der Waals surface area contributed by atoms with Crippen molar-refractivity contribution in [2.24, 2.45) is 0 Å². The average Bonchev–Trinajstić information content (AvgIpc) is 3.20. The van der Waals surface area contributed by atoms with Crippen LogP contribution in [0.1, 0.15) is 21.5 Å². The Hall–Kier alpha value is -3.00. The van der Waals surface area contributed by atoms with Crippen LogP contribution in [0.5, 0.6) is 0 Å². The molecule has 0 aliphatic rings. The van der Waals surface area contributed by atoms with E-state index in [1.807, 2.05) is 43.3 Å². The number of carbonyl (C=O) groups excluding carboxylic acids is 1. The third-order valence-electron chi connectivity index (χ3n) is 5.28. The Balaban J connectivity index is 1.57. The minimum absolute atomic E-state index is 0.0512. The van der Waals surface area contributed by atoms with E-state index in [4.69, 9.17) is 16.6 Å². The molecule has 0 fully saturated rings. The molecule has 0 saturated heterocycles. The van der Waals surface area contributed by atoms with Crippen molar-refractivity contribution in [1.82, 2.24) is 14.5 Å². The van der Waals surface area contributed by atoms with Crippen molar-refractivity contribution in [3.8, 4) is 0 Å². The number of thiophene rings is 1. The molecule has 164 valence electrons. The molecule has 5 nitrogen and oxygen atoms in total. The van der Waals surface area contributed by atoms with Crippen molar-refractivity contribution < 1.29 is 4.79 Å². The van der Waals surface area contributed by atoms with Gasteiger partial charge in [0, 0.05) is 22.2 Å². The molecule has 0 aliphatic heterocycles. The number of aryl methyl sites for hydroxylation is 1. The fourth-order valence-electron chi connectivity index (χ4n) is 3.52. The van der Waals surface area contributed by atoms with Gasteiger partial charge < -0.3 is 0 Å². The topological polar surface area (TPSA) is 64.8 Å². The van der Waals surface area contributed by atoms with Crippen LogP contribution in [-0.2, 0) is 6.54 Å². The van der Waals surface area contributed by atoms with Gasteiger partial charge in [-0.05, 0) is 48.9 Å². The number of benzene rings is 2. The van der Waals surface area contributed by atoms with Gasteiger partial charge in [0.2, 0.25) is 0 Å². The second-order valence-corrected chi connectivity index (χ2v) is 10.0. The van der Waals surface area contributed by atoms with Crippen LogP contribution in [0, 0.1) is 6.92 Å². The first-order valence-corrected chi connectivity index (χ1v) is 12.4. The highest BCUT2D eigenvalue weighted by Gasteiger charge is 2.18. The minimum atomic E-state index is -0.120. The summed E-state index contributed by atoms with van der Waals surface area (Å²) in [5.41, 5.74) is 3.23. The first kappa shape index (κ1) is 21.8.